The zero-order valence-electron chi connectivity index (χ0n) is 13.6. The van der Waals surface area contributed by atoms with Crippen molar-refractivity contribution in [1.82, 2.24) is 15.1 Å². The molecule has 1 heterocycles. The molecular weight excluding hydrogens is 316 g/mol. The van der Waals surface area contributed by atoms with E-state index in [1.807, 2.05) is 13.2 Å². The van der Waals surface area contributed by atoms with Gasteiger partial charge in [0.05, 0.1) is 11.7 Å². The third kappa shape index (κ3) is 3.39. The summed E-state index contributed by atoms with van der Waals surface area (Å²) in [4.78, 5) is 12.4. The fourth-order valence-electron chi connectivity index (χ4n) is 2.91. The van der Waals surface area contributed by atoms with Crippen molar-refractivity contribution in [3.63, 3.8) is 0 Å². The summed E-state index contributed by atoms with van der Waals surface area (Å²) in [6.45, 7) is 1.57. The van der Waals surface area contributed by atoms with Crippen molar-refractivity contribution in [2.24, 2.45) is 7.05 Å². The molecule has 1 amide bonds. The van der Waals surface area contributed by atoms with Crippen LogP contribution in [0.1, 0.15) is 37.1 Å². The third-order valence-corrected chi connectivity index (χ3v) is 4.11. The molecule has 1 aliphatic rings. The lowest BCUT2D eigenvalue weighted by Crippen LogP contribution is -2.39. The number of nitrogens with one attached hydrogen (secondary N) is 1. The minimum atomic E-state index is -1.01. The second-order valence-corrected chi connectivity index (χ2v) is 5.99. The maximum absolute atomic E-state index is 13.2. The summed E-state index contributed by atoms with van der Waals surface area (Å²) < 4.78 is 33.3. The fraction of sp³-hybridized carbons (Fsp3) is 0.412. The lowest BCUT2D eigenvalue weighted by Gasteiger charge is -2.24. The van der Waals surface area contributed by atoms with Gasteiger partial charge in [0, 0.05) is 24.9 Å². The summed E-state index contributed by atoms with van der Waals surface area (Å²) in [5.74, 6) is -2.15. The Morgan fingerprint density at radius 1 is 1.42 bits per heavy atom. The van der Waals surface area contributed by atoms with Gasteiger partial charge in [0.1, 0.15) is 5.75 Å². The average molecular weight is 335 g/mol. The number of hydrogen-bond donors (Lipinski definition) is 1. The molecule has 1 aliphatic carbocycles. The van der Waals surface area contributed by atoms with E-state index < -0.39 is 17.7 Å². The molecule has 0 unspecified atom stereocenters. The quantitative estimate of drug-likeness (QED) is 0.935. The average Bonchev–Trinajstić information content (AvgIpc) is 2.92. The van der Waals surface area contributed by atoms with E-state index >= 15 is 0 Å². The summed E-state index contributed by atoms with van der Waals surface area (Å²) in [7, 11) is 1.85. The van der Waals surface area contributed by atoms with Gasteiger partial charge in [-0.25, -0.2) is 8.78 Å². The first-order chi connectivity index (χ1) is 11.4. The smallest absolute Gasteiger partial charge is 0.261 e. The van der Waals surface area contributed by atoms with E-state index in [-0.39, 0.29) is 17.7 Å². The first-order valence-corrected chi connectivity index (χ1v) is 7.88. The Bertz CT molecular complexity index is 760. The molecule has 0 radical (unpaired) electrons. The SMILES string of the molecule is C[C@@H](Oc1ccc(F)c(F)c1)C(=O)N[C@@H]1CCCc2nn(C)cc21. The largest absolute Gasteiger partial charge is 0.481 e. The van der Waals surface area contributed by atoms with Crippen molar-refractivity contribution in [1.29, 1.82) is 0 Å². The molecule has 7 heteroatoms. The van der Waals surface area contributed by atoms with E-state index in [1.54, 1.807) is 11.6 Å². The van der Waals surface area contributed by atoms with Crippen LogP contribution in [0.15, 0.2) is 24.4 Å². The fourth-order valence-corrected chi connectivity index (χ4v) is 2.91. The van der Waals surface area contributed by atoms with Crippen LogP contribution < -0.4 is 10.1 Å². The normalized spacial score (nSPS) is 17.9. The first kappa shape index (κ1) is 16.4. The van der Waals surface area contributed by atoms with Crippen LogP contribution in [-0.2, 0) is 18.3 Å². The predicted octanol–water partition coefficient (Wildman–Crippen LogP) is 2.66. The van der Waals surface area contributed by atoms with E-state index in [1.165, 1.54) is 6.07 Å². The summed E-state index contributed by atoms with van der Waals surface area (Å²) in [6.07, 6.45) is 3.79. The number of carbonyl (C=O) groups is 1. The summed E-state index contributed by atoms with van der Waals surface area (Å²) >= 11 is 0. The van der Waals surface area contributed by atoms with Crippen molar-refractivity contribution in [3.05, 3.63) is 47.3 Å². The Kier molecular flexibility index (Phi) is 4.51. The van der Waals surface area contributed by atoms with Gasteiger partial charge in [-0.15, -0.1) is 0 Å². The van der Waals surface area contributed by atoms with Crippen molar-refractivity contribution >= 4 is 5.91 Å². The van der Waals surface area contributed by atoms with E-state index in [9.17, 15) is 13.6 Å². The lowest BCUT2D eigenvalue weighted by atomic mass is 9.93. The molecule has 2 atom stereocenters. The molecule has 0 aliphatic heterocycles. The Morgan fingerprint density at radius 3 is 2.96 bits per heavy atom. The number of nitrogens with zero attached hydrogens (tertiary/aromatic N) is 2. The number of ether oxygens (including phenoxy) is 1. The van der Waals surface area contributed by atoms with E-state index in [4.69, 9.17) is 4.74 Å². The summed E-state index contributed by atoms with van der Waals surface area (Å²) in [5.41, 5.74) is 2.03. The minimum Gasteiger partial charge on any atom is -0.481 e. The molecule has 0 saturated carbocycles. The van der Waals surface area contributed by atoms with Crippen LogP contribution in [0.2, 0.25) is 0 Å². The van der Waals surface area contributed by atoms with Gasteiger partial charge in [0.2, 0.25) is 0 Å². The van der Waals surface area contributed by atoms with Gasteiger partial charge in [0.25, 0.3) is 5.91 Å². The molecule has 0 fully saturated rings. The predicted molar refractivity (Wildman–Crippen MR) is 83.5 cm³/mol. The van der Waals surface area contributed by atoms with E-state index in [0.29, 0.717) is 0 Å². The van der Waals surface area contributed by atoms with Crippen LogP contribution in [-0.4, -0.2) is 21.8 Å². The van der Waals surface area contributed by atoms with Crippen LogP contribution in [0.4, 0.5) is 8.78 Å². The van der Waals surface area contributed by atoms with Gasteiger partial charge in [0.15, 0.2) is 17.7 Å². The number of rotatable bonds is 4. The molecule has 3 rings (SSSR count). The summed E-state index contributed by atoms with van der Waals surface area (Å²) in [5, 5.41) is 7.35. The number of benzene rings is 1. The van der Waals surface area contributed by atoms with Crippen molar-refractivity contribution in [2.45, 2.75) is 38.3 Å². The number of aromatic nitrogens is 2. The lowest BCUT2D eigenvalue weighted by molar-refractivity contribution is -0.128. The third-order valence-electron chi connectivity index (χ3n) is 4.11. The van der Waals surface area contributed by atoms with E-state index in [2.05, 4.69) is 10.4 Å². The number of carbonyl (C=O) groups excluding carboxylic acids is 1. The maximum atomic E-state index is 13.2. The monoisotopic (exact) mass is 335 g/mol. The van der Waals surface area contributed by atoms with Gasteiger partial charge in [-0.1, -0.05) is 0 Å². The van der Waals surface area contributed by atoms with Crippen LogP contribution >= 0.6 is 0 Å². The highest BCUT2D eigenvalue weighted by molar-refractivity contribution is 5.81. The molecule has 0 saturated heterocycles. The first-order valence-electron chi connectivity index (χ1n) is 7.88. The van der Waals surface area contributed by atoms with Crippen LogP contribution in [0, 0.1) is 11.6 Å². The second kappa shape index (κ2) is 6.59. The topological polar surface area (TPSA) is 56.1 Å². The molecule has 0 bridgehead atoms. The number of aryl methyl sites for hydroxylation is 2. The highest BCUT2D eigenvalue weighted by Gasteiger charge is 2.26. The van der Waals surface area contributed by atoms with Gasteiger partial charge in [-0.05, 0) is 38.3 Å². The van der Waals surface area contributed by atoms with Crippen molar-refractivity contribution in [2.75, 3.05) is 0 Å². The molecule has 1 N–H and O–H groups in total. The number of amides is 1. The molecule has 0 spiro atoms. The van der Waals surface area contributed by atoms with Crippen molar-refractivity contribution < 1.29 is 18.3 Å². The van der Waals surface area contributed by atoms with Gasteiger partial charge in [-0.2, -0.15) is 5.10 Å². The standard InChI is InChI=1S/C17H19F2N3O2/c1-10(24-11-6-7-13(18)14(19)8-11)17(23)20-15-4-3-5-16-12(15)9-22(2)21-16/h6-10,15H,3-5H2,1-2H3,(H,20,23)/t10-,15-/m1/s1. The number of fused-ring (bicyclic) bond motifs is 1. The molecule has 128 valence electrons. The Morgan fingerprint density at radius 2 is 2.21 bits per heavy atom. The Labute approximate surface area is 138 Å². The number of halogens is 2. The number of hydrogen-bond acceptors (Lipinski definition) is 3. The molecule has 5 nitrogen and oxygen atoms in total. The molecule has 1 aromatic carbocycles. The van der Waals surface area contributed by atoms with Crippen LogP contribution in [0.3, 0.4) is 0 Å². The Balaban J connectivity index is 1.65. The maximum Gasteiger partial charge on any atom is 0.261 e. The van der Waals surface area contributed by atoms with Gasteiger partial charge >= 0.3 is 0 Å². The second-order valence-electron chi connectivity index (χ2n) is 5.99. The zero-order valence-corrected chi connectivity index (χ0v) is 13.6. The molecule has 24 heavy (non-hydrogen) atoms. The zero-order chi connectivity index (χ0) is 17.3. The highest BCUT2D eigenvalue weighted by Crippen LogP contribution is 2.28. The van der Waals surface area contributed by atoms with Gasteiger partial charge < -0.3 is 10.1 Å². The Hall–Kier alpha value is -2.44. The minimum absolute atomic E-state index is 0.106. The molecular formula is C17H19F2N3O2. The molecule has 2 aromatic rings. The highest BCUT2D eigenvalue weighted by atomic mass is 19.2. The van der Waals surface area contributed by atoms with Crippen LogP contribution in [0.5, 0.6) is 5.75 Å². The van der Waals surface area contributed by atoms with Crippen molar-refractivity contribution in [3.8, 4) is 5.75 Å². The van der Waals surface area contributed by atoms with E-state index in [0.717, 1.165) is 42.7 Å². The van der Waals surface area contributed by atoms with Gasteiger partial charge in [-0.3, -0.25) is 9.48 Å². The molecule has 1 aromatic heterocycles. The summed E-state index contributed by atoms with van der Waals surface area (Å²) in [6, 6.07) is 3.09. The van der Waals surface area contributed by atoms with Crippen LogP contribution in [0.25, 0.3) is 0 Å².